The number of rotatable bonds is 3. The molecule has 1 heterocycles. The Kier molecular flexibility index (Phi) is 4.68. The van der Waals surface area contributed by atoms with Gasteiger partial charge in [-0.1, -0.05) is 0 Å². The third kappa shape index (κ3) is 3.46. The van der Waals surface area contributed by atoms with E-state index in [4.69, 9.17) is 5.11 Å². The minimum absolute atomic E-state index is 0.321. The molecule has 1 saturated carbocycles. The first-order valence-electron chi connectivity index (χ1n) is 7.60. The zero-order chi connectivity index (χ0) is 13.2. The molecule has 1 saturated heterocycles. The van der Waals surface area contributed by atoms with Gasteiger partial charge in [0.1, 0.15) is 0 Å². The van der Waals surface area contributed by atoms with Crippen LogP contribution in [0, 0.1) is 5.92 Å². The smallest absolute Gasteiger partial charge is 0.0433 e. The van der Waals surface area contributed by atoms with E-state index in [9.17, 15) is 0 Å². The molecule has 18 heavy (non-hydrogen) atoms. The molecule has 0 aromatic carbocycles. The maximum atomic E-state index is 9.03. The van der Waals surface area contributed by atoms with Crippen LogP contribution < -0.4 is 0 Å². The summed E-state index contributed by atoms with van der Waals surface area (Å²) < 4.78 is 0. The molecule has 0 aromatic heterocycles. The van der Waals surface area contributed by atoms with E-state index in [0.717, 1.165) is 18.4 Å². The molecule has 1 aliphatic heterocycles. The van der Waals surface area contributed by atoms with E-state index in [2.05, 4.69) is 30.6 Å². The average molecular weight is 254 g/mol. The van der Waals surface area contributed by atoms with E-state index in [1.807, 2.05) is 0 Å². The predicted octanol–water partition coefficient (Wildman–Crippen LogP) is 1.95. The number of nitrogens with zero attached hydrogens (tertiary/aromatic N) is 2. The molecule has 0 spiro atoms. The predicted molar refractivity (Wildman–Crippen MR) is 75.7 cm³/mol. The number of aliphatic hydroxyl groups is 1. The topological polar surface area (TPSA) is 26.7 Å². The quantitative estimate of drug-likeness (QED) is 0.834. The Bertz CT molecular complexity index is 254. The van der Waals surface area contributed by atoms with Crippen molar-refractivity contribution in [3.8, 4) is 0 Å². The first-order valence-corrected chi connectivity index (χ1v) is 7.60. The van der Waals surface area contributed by atoms with E-state index in [0.29, 0.717) is 12.1 Å². The van der Waals surface area contributed by atoms with Crippen LogP contribution in [0.25, 0.3) is 0 Å². The Labute approximate surface area is 112 Å². The average Bonchev–Trinajstić information content (AvgIpc) is 2.77. The van der Waals surface area contributed by atoms with Crippen LogP contribution in [0.3, 0.4) is 0 Å². The van der Waals surface area contributed by atoms with Crippen molar-refractivity contribution in [1.29, 1.82) is 0 Å². The summed E-state index contributed by atoms with van der Waals surface area (Å²) in [5.74, 6) is 0.778. The molecule has 3 nitrogen and oxygen atoms in total. The molecule has 2 unspecified atom stereocenters. The van der Waals surface area contributed by atoms with E-state index < -0.39 is 0 Å². The lowest BCUT2D eigenvalue weighted by Gasteiger charge is -2.44. The lowest BCUT2D eigenvalue weighted by atomic mass is 10.0. The molecule has 2 rings (SSSR count). The molecule has 1 aliphatic carbocycles. The highest BCUT2D eigenvalue weighted by atomic mass is 16.3. The van der Waals surface area contributed by atoms with Crippen LogP contribution in [0.2, 0.25) is 0 Å². The molecule has 1 N–H and O–H groups in total. The van der Waals surface area contributed by atoms with Crippen molar-refractivity contribution >= 4 is 0 Å². The first-order chi connectivity index (χ1) is 8.50. The van der Waals surface area contributed by atoms with Gasteiger partial charge in [-0.05, 0) is 52.4 Å². The van der Waals surface area contributed by atoms with Gasteiger partial charge in [0.2, 0.25) is 0 Å². The molecular weight excluding hydrogens is 224 g/mol. The molecule has 106 valence electrons. The number of piperazine rings is 1. The van der Waals surface area contributed by atoms with E-state index in [1.165, 1.54) is 45.4 Å². The fraction of sp³-hybridized carbons (Fsp3) is 1.00. The summed E-state index contributed by atoms with van der Waals surface area (Å²) in [5, 5.41) is 9.03. The van der Waals surface area contributed by atoms with Gasteiger partial charge in [-0.25, -0.2) is 0 Å². The summed E-state index contributed by atoms with van der Waals surface area (Å²) in [7, 11) is 0. The molecule has 0 amide bonds. The maximum absolute atomic E-state index is 9.03. The van der Waals surface area contributed by atoms with E-state index in [1.54, 1.807) is 0 Å². The number of hydrogen-bond donors (Lipinski definition) is 1. The number of aliphatic hydroxyl groups excluding tert-OH is 1. The minimum atomic E-state index is 0.321. The molecule has 0 radical (unpaired) electrons. The summed E-state index contributed by atoms with van der Waals surface area (Å²) in [6.07, 6.45) is 5.00. The van der Waals surface area contributed by atoms with Crippen LogP contribution in [-0.2, 0) is 0 Å². The Morgan fingerprint density at radius 2 is 1.72 bits per heavy atom. The van der Waals surface area contributed by atoms with Gasteiger partial charge in [0.25, 0.3) is 0 Å². The molecule has 2 atom stereocenters. The summed E-state index contributed by atoms with van der Waals surface area (Å²) >= 11 is 0. The van der Waals surface area contributed by atoms with Crippen LogP contribution in [-0.4, -0.2) is 59.3 Å². The second-order valence-corrected chi connectivity index (χ2v) is 7.04. The van der Waals surface area contributed by atoms with Crippen LogP contribution in [0.1, 0.15) is 46.5 Å². The van der Waals surface area contributed by atoms with Crippen molar-refractivity contribution < 1.29 is 5.11 Å². The largest absolute Gasteiger partial charge is 0.396 e. The van der Waals surface area contributed by atoms with Crippen LogP contribution in [0.4, 0.5) is 0 Å². The second-order valence-electron chi connectivity index (χ2n) is 7.04. The Morgan fingerprint density at radius 3 is 2.28 bits per heavy atom. The van der Waals surface area contributed by atoms with Crippen molar-refractivity contribution in [3.63, 3.8) is 0 Å². The highest BCUT2D eigenvalue weighted by molar-refractivity contribution is 4.88. The zero-order valence-electron chi connectivity index (χ0n) is 12.4. The minimum Gasteiger partial charge on any atom is -0.396 e. The van der Waals surface area contributed by atoms with Crippen molar-refractivity contribution in [1.82, 2.24) is 9.80 Å². The Morgan fingerprint density at radius 1 is 1.06 bits per heavy atom. The highest BCUT2D eigenvalue weighted by Crippen LogP contribution is 2.32. The van der Waals surface area contributed by atoms with Gasteiger partial charge in [0.15, 0.2) is 0 Å². The molecule has 0 aromatic rings. The zero-order valence-corrected chi connectivity index (χ0v) is 12.4. The summed E-state index contributed by atoms with van der Waals surface area (Å²) in [6, 6.07) is 0.795. The van der Waals surface area contributed by atoms with Crippen molar-refractivity contribution in [2.75, 3.05) is 32.8 Å². The van der Waals surface area contributed by atoms with Crippen LogP contribution >= 0.6 is 0 Å². The molecule has 3 heteroatoms. The van der Waals surface area contributed by atoms with Gasteiger partial charge < -0.3 is 5.11 Å². The molecule has 2 aliphatic rings. The fourth-order valence-electron chi connectivity index (χ4n) is 3.58. The summed E-state index contributed by atoms with van der Waals surface area (Å²) in [4.78, 5) is 5.29. The SMILES string of the molecule is CC(C)(C)N1CCN(C2CCC(CCO)C2)CC1. The first kappa shape index (κ1) is 14.3. The van der Waals surface area contributed by atoms with Crippen LogP contribution in [0.5, 0.6) is 0 Å². The number of hydrogen-bond acceptors (Lipinski definition) is 3. The van der Waals surface area contributed by atoms with Crippen molar-refractivity contribution in [3.05, 3.63) is 0 Å². The lowest BCUT2D eigenvalue weighted by molar-refractivity contribution is 0.0422. The van der Waals surface area contributed by atoms with E-state index in [-0.39, 0.29) is 0 Å². The Hall–Kier alpha value is -0.120. The van der Waals surface area contributed by atoms with Gasteiger partial charge >= 0.3 is 0 Å². The molecule has 2 fully saturated rings. The third-order valence-corrected chi connectivity index (χ3v) is 4.83. The third-order valence-electron chi connectivity index (χ3n) is 4.83. The van der Waals surface area contributed by atoms with Crippen molar-refractivity contribution in [2.24, 2.45) is 5.92 Å². The second kappa shape index (κ2) is 5.89. The highest BCUT2D eigenvalue weighted by Gasteiger charge is 2.32. The van der Waals surface area contributed by atoms with Gasteiger partial charge in [0.05, 0.1) is 0 Å². The van der Waals surface area contributed by atoms with Crippen molar-refractivity contribution in [2.45, 2.75) is 58.0 Å². The maximum Gasteiger partial charge on any atom is 0.0433 e. The standard InChI is InChI=1S/C15H30N2O/c1-15(2,3)17-9-7-16(8-10-17)14-5-4-13(12-14)6-11-18/h13-14,18H,4-12H2,1-3H3. The van der Waals surface area contributed by atoms with E-state index >= 15 is 0 Å². The summed E-state index contributed by atoms with van der Waals surface area (Å²) in [5.41, 5.74) is 0.321. The lowest BCUT2D eigenvalue weighted by Crippen LogP contribution is -2.55. The Balaban J connectivity index is 1.77. The van der Waals surface area contributed by atoms with Gasteiger partial charge in [-0.15, -0.1) is 0 Å². The summed E-state index contributed by atoms with van der Waals surface area (Å²) in [6.45, 7) is 12.2. The molecule has 0 bridgehead atoms. The fourth-order valence-corrected chi connectivity index (χ4v) is 3.58. The van der Waals surface area contributed by atoms with Gasteiger partial charge in [-0.3, -0.25) is 9.80 Å². The molecular formula is C15H30N2O. The van der Waals surface area contributed by atoms with Gasteiger partial charge in [-0.2, -0.15) is 0 Å². The van der Waals surface area contributed by atoms with Gasteiger partial charge in [0, 0.05) is 44.4 Å². The normalized spacial score (nSPS) is 32.0. The monoisotopic (exact) mass is 254 g/mol. The van der Waals surface area contributed by atoms with Crippen LogP contribution in [0.15, 0.2) is 0 Å².